The van der Waals surface area contributed by atoms with Gasteiger partial charge in [0.25, 0.3) is 0 Å². The number of benzene rings is 2. The summed E-state index contributed by atoms with van der Waals surface area (Å²) in [6.07, 6.45) is 0.607. The summed E-state index contributed by atoms with van der Waals surface area (Å²) in [4.78, 5) is 0.161. The molecule has 0 saturated heterocycles. The molecule has 0 fully saturated rings. The van der Waals surface area contributed by atoms with E-state index >= 15 is 0 Å². The van der Waals surface area contributed by atoms with Gasteiger partial charge in [-0.1, -0.05) is 35.9 Å². The average molecular weight is 324 g/mol. The van der Waals surface area contributed by atoms with E-state index in [1.807, 2.05) is 24.3 Å². The lowest BCUT2D eigenvalue weighted by molar-refractivity contribution is 0.254. The Balaban J connectivity index is 1.78. The van der Waals surface area contributed by atoms with Crippen molar-refractivity contribution in [2.75, 3.05) is 6.61 Å². The number of halogens is 1. The third-order valence-corrected chi connectivity index (χ3v) is 5.06. The molecule has 110 valence electrons. The fraction of sp³-hybridized carbons (Fsp3) is 0.200. The predicted octanol–water partition coefficient (Wildman–Crippen LogP) is 2.62. The Labute approximate surface area is 128 Å². The summed E-state index contributed by atoms with van der Waals surface area (Å²) in [5.74, 6) is 0.815. The largest absolute Gasteiger partial charge is 0.492 e. The first-order valence-corrected chi connectivity index (χ1v) is 8.39. The van der Waals surface area contributed by atoms with Crippen molar-refractivity contribution in [1.82, 2.24) is 4.72 Å². The van der Waals surface area contributed by atoms with Crippen LogP contribution in [0.5, 0.6) is 5.75 Å². The molecule has 0 amide bonds. The highest BCUT2D eigenvalue weighted by atomic mass is 35.5. The second kappa shape index (κ2) is 5.67. The minimum Gasteiger partial charge on any atom is -0.492 e. The van der Waals surface area contributed by atoms with Crippen LogP contribution < -0.4 is 9.46 Å². The van der Waals surface area contributed by atoms with Crippen LogP contribution in [0.4, 0.5) is 0 Å². The summed E-state index contributed by atoms with van der Waals surface area (Å²) in [5, 5.41) is 0.392. The van der Waals surface area contributed by atoms with Crippen LogP contribution >= 0.6 is 11.6 Å². The van der Waals surface area contributed by atoms with E-state index in [-0.39, 0.29) is 10.9 Å². The van der Waals surface area contributed by atoms with E-state index in [0.717, 1.165) is 11.3 Å². The van der Waals surface area contributed by atoms with Crippen molar-refractivity contribution in [3.63, 3.8) is 0 Å². The van der Waals surface area contributed by atoms with Crippen molar-refractivity contribution >= 4 is 21.6 Å². The number of rotatable bonds is 3. The van der Waals surface area contributed by atoms with Gasteiger partial charge in [0.15, 0.2) is 0 Å². The molecule has 21 heavy (non-hydrogen) atoms. The van der Waals surface area contributed by atoms with Gasteiger partial charge in [-0.05, 0) is 36.2 Å². The Hall–Kier alpha value is -1.56. The van der Waals surface area contributed by atoms with Gasteiger partial charge in [-0.25, -0.2) is 13.1 Å². The number of hydrogen-bond donors (Lipinski definition) is 1. The Morgan fingerprint density at radius 2 is 1.95 bits per heavy atom. The molecule has 6 heteroatoms. The molecule has 1 unspecified atom stereocenters. The van der Waals surface area contributed by atoms with Gasteiger partial charge in [-0.2, -0.15) is 0 Å². The zero-order chi connectivity index (χ0) is 14.9. The smallest absolute Gasteiger partial charge is 0.240 e. The number of para-hydroxylation sites is 1. The molecule has 4 nitrogen and oxygen atoms in total. The number of fused-ring (bicyclic) bond motifs is 1. The molecule has 0 bridgehead atoms. The topological polar surface area (TPSA) is 55.4 Å². The molecule has 0 aromatic heterocycles. The quantitative estimate of drug-likeness (QED) is 0.944. The van der Waals surface area contributed by atoms with Crippen LogP contribution in [0.15, 0.2) is 53.4 Å². The van der Waals surface area contributed by atoms with Crippen molar-refractivity contribution < 1.29 is 13.2 Å². The molecule has 2 aromatic rings. The van der Waals surface area contributed by atoms with Crippen LogP contribution in [-0.2, 0) is 16.4 Å². The van der Waals surface area contributed by atoms with Gasteiger partial charge in [0.1, 0.15) is 12.4 Å². The SMILES string of the molecule is O=S(=O)(NC1COc2ccccc2C1)c1cccc(Cl)c1. The number of nitrogens with one attached hydrogen (secondary N) is 1. The second-order valence-electron chi connectivity index (χ2n) is 4.90. The molecule has 2 aromatic carbocycles. The fourth-order valence-corrected chi connectivity index (χ4v) is 3.85. The van der Waals surface area contributed by atoms with E-state index in [4.69, 9.17) is 16.3 Å². The van der Waals surface area contributed by atoms with Crippen molar-refractivity contribution in [3.05, 3.63) is 59.1 Å². The third kappa shape index (κ3) is 3.20. The van der Waals surface area contributed by atoms with Crippen LogP contribution in [-0.4, -0.2) is 21.1 Å². The second-order valence-corrected chi connectivity index (χ2v) is 7.05. The van der Waals surface area contributed by atoms with Crippen molar-refractivity contribution in [1.29, 1.82) is 0 Å². The highest BCUT2D eigenvalue weighted by Gasteiger charge is 2.25. The maximum Gasteiger partial charge on any atom is 0.240 e. The van der Waals surface area contributed by atoms with Gasteiger partial charge in [-0.3, -0.25) is 0 Å². The average Bonchev–Trinajstić information content (AvgIpc) is 2.47. The molecule has 0 radical (unpaired) electrons. The standard InChI is InChI=1S/C15H14ClNO3S/c16-12-5-3-6-14(9-12)21(18,19)17-13-8-11-4-1-2-7-15(11)20-10-13/h1-7,9,13,17H,8,10H2. The molecule has 0 aliphatic carbocycles. The van der Waals surface area contributed by atoms with Gasteiger partial charge >= 0.3 is 0 Å². The first kappa shape index (κ1) is 14.4. The van der Waals surface area contributed by atoms with Crippen LogP contribution in [0.3, 0.4) is 0 Å². The van der Waals surface area contributed by atoms with Gasteiger partial charge in [0, 0.05) is 5.02 Å². The van der Waals surface area contributed by atoms with Crippen LogP contribution in [0.25, 0.3) is 0 Å². The first-order valence-electron chi connectivity index (χ1n) is 6.53. The highest BCUT2D eigenvalue weighted by molar-refractivity contribution is 7.89. The molecule has 0 saturated carbocycles. The Bertz CT molecular complexity index is 761. The minimum absolute atomic E-state index is 0.161. The van der Waals surface area contributed by atoms with Crippen LogP contribution in [0.1, 0.15) is 5.56 Å². The molecule has 1 N–H and O–H groups in total. The van der Waals surface area contributed by atoms with Crippen molar-refractivity contribution in [2.45, 2.75) is 17.4 Å². The normalized spacial score (nSPS) is 17.9. The zero-order valence-corrected chi connectivity index (χ0v) is 12.7. The van der Waals surface area contributed by atoms with Gasteiger partial charge in [-0.15, -0.1) is 0 Å². The lowest BCUT2D eigenvalue weighted by Crippen LogP contribution is -2.42. The van der Waals surface area contributed by atoms with E-state index in [9.17, 15) is 8.42 Å². The number of ether oxygens (including phenoxy) is 1. The summed E-state index contributed by atoms with van der Waals surface area (Å²) in [6, 6.07) is 13.6. The Morgan fingerprint density at radius 3 is 2.76 bits per heavy atom. The number of sulfonamides is 1. The molecular formula is C15H14ClNO3S. The third-order valence-electron chi connectivity index (χ3n) is 3.31. The van der Waals surface area contributed by atoms with E-state index in [1.165, 1.54) is 12.1 Å². The zero-order valence-electron chi connectivity index (χ0n) is 11.1. The summed E-state index contributed by atoms with van der Waals surface area (Å²) < 4.78 is 32.9. The van der Waals surface area contributed by atoms with E-state index in [0.29, 0.717) is 18.1 Å². The molecule has 1 atom stereocenters. The molecule has 1 heterocycles. The van der Waals surface area contributed by atoms with Gasteiger partial charge in [0.05, 0.1) is 10.9 Å². The highest BCUT2D eigenvalue weighted by Crippen LogP contribution is 2.25. The maximum absolute atomic E-state index is 12.3. The Morgan fingerprint density at radius 1 is 1.14 bits per heavy atom. The molecule has 3 rings (SSSR count). The molecule has 0 spiro atoms. The summed E-state index contributed by atoms with van der Waals surface area (Å²) in [7, 11) is -3.60. The molecule has 1 aliphatic rings. The van der Waals surface area contributed by atoms with Crippen LogP contribution in [0.2, 0.25) is 5.02 Å². The van der Waals surface area contributed by atoms with E-state index < -0.39 is 10.0 Å². The van der Waals surface area contributed by atoms with Gasteiger partial charge < -0.3 is 4.74 Å². The minimum atomic E-state index is -3.60. The molecular weight excluding hydrogens is 310 g/mol. The van der Waals surface area contributed by atoms with Gasteiger partial charge in [0.2, 0.25) is 10.0 Å². The summed E-state index contributed by atoms with van der Waals surface area (Å²) in [6.45, 7) is 0.316. The van der Waals surface area contributed by atoms with Crippen molar-refractivity contribution in [2.24, 2.45) is 0 Å². The predicted molar refractivity (Wildman–Crippen MR) is 81.2 cm³/mol. The summed E-state index contributed by atoms with van der Waals surface area (Å²) in [5.41, 5.74) is 1.00. The lowest BCUT2D eigenvalue weighted by atomic mass is 10.0. The van der Waals surface area contributed by atoms with Crippen molar-refractivity contribution in [3.8, 4) is 5.75 Å². The lowest BCUT2D eigenvalue weighted by Gasteiger charge is -2.25. The fourth-order valence-electron chi connectivity index (χ4n) is 2.33. The number of hydrogen-bond acceptors (Lipinski definition) is 3. The van der Waals surface area contributed by atoms with Crippen LogP contribution in [0, 0.1) is 0 Å². The Kier molecular flexibility index (Phi) is 3.89. The van der Waals surface area contributed by atoms with E-state index in [1.54, 1.807) is 12.1 Å². The maximum atomic E-state index is 12.3. The monoisotopic (exact) mass is 323 g/mol. The first-order chi connectivity index (χ1) is 10.0. The summed E-state index contributed by atoms with van der Waals surface area (Å²) >= 11 is 5.84. The van der Waals surface area contributed by atoms with E-state index in [2.05, 4.69) is 4.72 Å². The molecule has 1 aliphatic heterocycles.